The predicted octanol–water partition coefficient (Wildman–Crippen LogP) is 1.41. The number of carboxylic acids is 1. The quantitative estimate of drug-likeness (QED) is 0.710. The number of aliphatic imine (C=N–C) groups is 1. The van der Waals surface area contributed by atoms with Crippen molar-refractivity contribution in [2.75, 3.05) is 13.2 Å². The van der Waals surface area contributed by atoms with E-state index >= 15 is 0 Å². The van der Waals surface area contributed by atoms with Crippen molar-refractivity contribution in [1.29, 1.82) is 0 Å². The van der Waals surface area contributed by atoms with Gasteiger partial charge in [0, 0.05) is 0 Å². The van der Waals surface area contributed by atoms with Gasteiger partial charge in [0.1, 0.15) is 5.71 Å². The van der Waals surface area contributed by atoms with Gasteiger partial charge < -0.3 is 9.84 Å². The number of hydrogen-bond acceptors (Lipinski definition) is 3. The van der Waals surface area contributed by atoms with Crippen molar-refractivity contribution in [2.45, 2.75) is 32.3 Å². The lowest BCUT2D eigenvalue weighted by molar-refractivity contribution is -0.129. The summed E-state index contributed by atoms with van der Waals surface area (Å²) in [7, 11) is 0. The lowest BCUT2D eigenvalue weighted by Crippen LogP contribution is -2.24. The summed E-state index contributed by atoms with van der Waals surface area (Å²) in [4.78, 5) is 15.0. The van der Waals surface area contributed by atoms with Crippen molar-refractivity contribution >= 4 is 11.7 Å². The number of nitrogens with zero attached hydrogens (tertiary/aromatic N) is 1. The van der Waals surface area contributed by atoms with E-state index in [1.165, 1.54) is 0 Å². The van der Waals surface area contributed by atoms with Crippen LogP contribution in [0.3, 0.4) is 0 Å². The van der Waals surface area contributed by atoms with Gasteiger partial charge in [-0.25, -0.2) is 4.79 Å². The molecule has 0 aromatic carbocycles. The molecule has 2 aliphatic heterocycles. The molecule has 0 radical (unpaired) electrons. The van der Waals surface area contributed by atoms with Gasteiger partial charge in [-0.15, -0.1) is 0 Å². The first-order valence-corrected chi connectivity index (χ1v) is 5.12. The zero-order valence-corrected chi connectivity index (χ0v) is 9.04. The molecule has 0 aliphatic carbocycles. The van der Waals surface area contributed by atoms with Crippen LogP contribution in [0.2, 0.25) is 0 Å². The number of aliphatic carboxylic acids is 1. The highest BCUT2D eigenvalue weighted by Gasteiger charge is 2.31. The lowest BCUT2D eigenvalue weighted by Gasteiger charge is -2.23. The number of ether oxygens (including phenoxy) is 1. The van der Waals surface area contributed by atoms with Crippen LogP contribution in [0, 0.1) is 0 Å². The molecule has 82 valence electrons. The Kier molecular flexibility index (Phi) is 2.38. The van der Waals surface area contributed by atoms with Gasteiger partial charge in [0.15, 0.2) is 0 Å². The first kappa shape index (κ1) is 10.4. The van der Waals surface area contributed by atoms with Gasteiger partial charge in [-0.3, -0.25) is 4.99 Å². The minimum absolute atomic E-state index is 0.194. The molecule has 0 aromatic rings. The van der Waals surface area contributed by atoms with Crippen LogP contribution in [0.4, 0.5) is 0 Å². The second-order valence-corrected chi connectivity index (χ2v) is 4.59. The second kappa shape index (κ2) is 3.45. The zero-order chi connectivity index (χ0) is 11.1. The molecule has 15 heavy (non-hydrogen) atoms. The molecule has 2 aliphatic rings. The normalized spacial score (nSPS) is 24.5. The van der Waals surface area contributed by atoms with Crippen LogP contribution >= 0.6 is 0 Å². The van der Waals surface area contributed by atoms with Gasteiger partial charge in [0.2, 0.25) is 0 Å². The average Bonchev–Trinajstić information content (AvgIpc) is 2.41. The average molecular weight is 209 g/mol. The van der Waals surface area contributed by atoms with E-state index in [4.69, 9.17) is 9.84 Å². The summed E-state index contributed by atoms with van der Waals surface area (Å²) in [5, 5.41) is 8.97. The molecule has 0 atom stereocenters. The third-order valence-corrected chi connectivity index (χ3v) is 2.83. The number of rotatable bonds is 1. The molecule has 2 heterocycles. The standard InChI is InChI=1S/C11H15NO3/c1-11(2)5-7-6-12-9(10(13)14)8(7)3-4-15-11/h3-6H2,1-2H3,(H,13,14). The monoisotopic (exact) mass is 209 g/mol. The fourth-order valence-corrected chi connectivity index (χ4v) is 2.18. The summed E-state index contributed by atoms with van der Waals surface area (Å²) >= 11 is 0. The molecule has 4 heteroatoms. The Bertz CT molecular complexity index is 366. The number of carboxylic acid groups (broad SMARTS) is 1. The SMILES string of the molecule is CC1(C)CC2=C(CCO1)C(C(=O)O)=NC2. The maximum Gasteiger partial charge on any atom is 0.354 e. The minimum Gasteiger partial charge on any atom is -0.477 e. The van der Waals surface area contributed by atoms with E-state index in [0.717, 1.165) is 17.6 Å². The molecule has 0 spiro atoms. The van der Waals surface area contributed by atoms with Gasteiger partial charge in [0.05, 0.1) is 18.8 Å². The Morgan fingerprint density at radius 1 is 1.53 bits per heavy atom. The summed E-state index contributed by atoms with van der Waals surface area (Å²) in [6, 6.07) is 0. The first-order valence-electron chi connectivity index (χ1n) is 5.12. The van der Waals surface area contributed by atoms with E-state index in [-0.39, 0.29) is 11.3 Å². The highest BCUT2D eigenvalue weighted by molar-refractivity contribution is 6.43. The largest absolute Gasteiger partial charge is 0.477 e. The highest BCUT2D eigenvalue weighted by Crippen LogP contribution is 2.31. The van der Waals surface area contributed by atoms with Gasteiger partial charge in [0.25, 0.3) is 0 Å². The molecular weight excluding hydrogens is 194 g/mol. The number of hydrogen-bond donors (Lipinski definition) is 1. The van der Waals surface area contributed by atoms with Crippen molar-refractivity contribution in [1.82, 2.24) is 0 Å². The highest BCUT2D eigenvalue weighted by atomic mass is 16.5. The van der Waals surface area contributed by atoms with E-state index in [0.29, 0.717) is 19.6 Å². The summed E-state index contributed by atoms with van der Waals surface area (Å²) in [6.45, 7) is 5.17. The molecule has 0 bridgehead atoms. The van der Waals surface area contributed by atoms with Crippen LogP contribution in [-0.4, -0.2) is 35.5 Å². The lowest BCUT2D eigenvalue weighted by atomic mass is 9.95. The van der Waals surface area contributed by atoms with Crippen LogP contribution in [0.15, 0.2) is 16.1 Å². The number of carbonyl (C=O) groups is 1. The maximum absolute atomic E-state index is 10.9. The topological polar surface area (TPSA) is 58.9 Å². The van der Waals surface area contributed by atoms with E-state index in [9.17, 15) is 4.79 Å². The van der Waals surface area contributed by atoms with E-state index in [1.54, 1.807) is 0 Å². The van der Waals surface area contributed by atoms with Crippen molar-refractivity contribution in [2.24, 2.45) is 4.99 Å². The van der Waals surface area contributed by atoms with Crippen LogP contribution in [0.1, 0.15) is 26.7 Å². The Labute approximate surface area is 88.7 Å². The molecule has 4 nitrogen and oxygen atoms in total. The Morgan fingerprint density at radius 2 is 2.27 bits per heavy atom. The van der Waals surface area contributed by atoms with Crippen LogP contribution in [0.5, 0.6) is 0 Å². The summed E-state index contributed by atoms with van der Waals surface area (Å²) in [5.41, 5.74) is 2.08. The molecule has 0 unspecified atom stereocenters. The molecule has 0 fully saturated rings. The second-order valence-electron chi connectivity index (χ2n) is 4.59. The zero-order valence-electron chi connectivity index (χ0n) is 9.04. The molecule has 0 saturated heterocycles. The smallest absolute Gasteiger partial charge is 0.354 e. The molecule has 0 aromatic heterocycles. The van der Waals surface area contributed by atoms with E-state index < -0.39 is 5.97 Å². The first-order chi connectivity index (χ1) is 6.99. The van der Waals surface area contributed by atoms with Gasteiger partial charge in [-0.1, -0.05) is 0 Å². The van der Waals surface area contributed by atoms with Crippen molar-refractivity contribution in [3.8, 4) is 0 Å². The van der Waals surface area contributed by atoms with Crippen LogP contribution < -0.4 is 0 Å². The van der Waals surface area contributed by atoms with E-state index in [1.807, 2.05) is 13.8 Å². The fraction of sp³-hybridized carbons (Fsp3) is 0.636. The Morgan fingerprint density at radius 3 is 2.93 bits per heavy atom. The summed E-state index contributed by atoms with van der Waals surface area (Å²) in [6.07, 6.45) is 1.45. The minimum atomic E-state index is -0.917. The molecular formula is C11H15NO3. The molecule has 0 saturated carbocycles. The van der Waals surface area contributed by atoms with Gasteiger partial charge in [-0.2, -0.15) is 0 Å². The summed E-state index contributed by atoms with van der Waals surface area (Å²) in [5.74, 6) is -0.917. The maximum atomic E-state index is 10.9. The van der Waals surface area contributed by atoms with Gasteiger partial charge in [-0.05, 0) is 37.8 Å². The van der Waals surface area contributed by atoms with Crippen molar-refractivity contribution in [3.63, 3.8) is 0 Å². The third-order valence-electron chi connectivity index (χ3n) is 2.83. The Hall–Kier alpha value is -1.16. The fourth-order valence-electron chi connectivity index (χ4n) is 2.18. The van der Waals surface area contributed by atoms with Crippen molar-refractivity contribution in [3.05, 3.63) is 11.1 Å². The molecule has 2 rings (SSSR count). The summed E-state index contributed by atoms with van der Waals surface area (Å²) < 4.78 is 5.67. The van der Waals surface area contributed by atoms with Gasteiger partial charge >= 0.3 is 5.97 Å². The molecule has 1 N–H and O–H groups in total. The van der Waals surface area contributed by atoms with Crippen LogP contribution in [-0.2, 0) is 9.53 Å². The van der Waals surface area contributed by atoms with Crippen molar-refractivity contribution < 1.29 is 14.6 Å². The van der Waals surface area contributed by atoms with E-state index in [2.05, 4.69) is 4.99 Å². The molecule has 0 amide bonds. The third kappa shape index (κ3) is 1.95. The Balaban J connectivity index is 2.28. The van der Waals surface area contributed by atoms with Crippen LogP contribution in [0.25, 0.3) is 0 Å². The predicted molar refractivity (Wildman–Crippen MR) is 56.2 cm³/mol.